The predicted octanol–water partition coefficient (Wildman–Crippen LogP) is -2.22. The first-order valence-electron chi connectivity index (χ1n) is 7.83. The van der Waals surface area contributed by atoms with Gasteiger partial charge in [-0.15, -0.1) is 0 Å². The average molecular weight is 383 g/mol. The molecule has 0 aliphatic heterocycles. The van der Waals surface area contributed by atoms with Gasteiger partial charge < -0.3 is 36.8 Å². The van der Waals surface area contributed by atoms with Gasteiger partial charge in [0.2, 0.25) is 11.8 Å². The molecule has 0 radical (unpaired) electrons. The number of carbonyl (C=O) groups is 4. The van der Waals surface area contributed by atoms with Gasteiger partial charge in [-0.3, -0.25) is 14.4 Å². The molecule has 0 saturated carbocycles. The second-order valence-corrected chi connectivity index (χ2v) is 5.72. The van der Waals surface area contributed by atoms with Crippen LogP contribution < -0.4 is 16.4 Å². The van der Waals surface area contributed by atoms with E-state index >= 15 is 0 Å². The Morgan fingerprint density at radius 3 is 2.00 bits per heavy atom. The van der Waals surface area contributed by atoms with Crippen LogP contribution in [0.25, 0.3) is 0 Å². The lowest BCUT2D eigenvalue weighted by molar-refractivity contribution is -0.143. The summed E-state index contributed by atoms with van der Waals surface area (Å²) in [7, 11) is 0. The molecular weight excluding hydrogens is 362 g/mol. The van der Waals surface area contributed by atoms with Crippen molar-refractivity contribution in [2.75, 3.05) is 6.61 Å². The molecule has 2 amide bonds. The summed E-state index contributed by atoms with van der Waals surface area (Å²) in [5, 5.41) is 40.6. The van der Waals surface area contributed by atoms with Crippen molar-refractivity contribution in [3.8, 4) is 5.75 Å². The number of carboxylic acids is 2. The Labute approximate surface area is 153 Å². The molecule has 0 aliphatic rings. The minimum absolute atomic E-state index is 0.00424. The molecule has 0 bridgehead atoms. The summed E-state index contributed by atoms with van der Waals surface area (Å²) in [5.41, 5.74) is 5.89. The van der Waals surface area contributed by atoms with E-state index in [4.69, 9.17) is 10.8 Å². The van der Waals surface area contributed by atoms with Crippen molar-refractivity contribution in [3.05, 3.63) is 29.8 Å². The molecule has 11 heteroatoms. The second kappa shape index (κ2) is 10.1. The fourth-order valence-corrected chi connectivity index (χ4v) is 2.09. The normalized spacial score (nSPS) is 13.9. The Hall–Kier alpha value is -3.18. The fraction of sp³-hybridized carbons (Fsp3) is 0.375. The highest BCUT2D eigenvalue weighted by atomic mass is 16.4. The van der Waals surface area contributed by atoms with Gasteiger partial charge in [0.05, 0.1) is 19.1 Å². The van der Waals surface area contributed by atoms with Gasteiger partial charge >= 0.3 is 11.9 Å². The third-order valence-electron chi connectivity index (χ3n) is 3.54. The number of hydrogen-bond donors (Lipinski definition) is 7. The summed E-state index contributed by atoms with van der Waals surface area (Å²) in [4.78, 5) is 45.9. The van der Waals surface area contributed by atoms with Crippen molar-refractivity contribution in [1.82, 2.24) is 10.6 Å². The Balaban J connectivity index is 2.74. The van der Waals surface area contributed by atoms with Crippen LogP contribution in [0, 0.1) is 0 Å². The van der Waals surface area contributed by atoms with E-state index in [0.29, 0.717) is 5.56 Å². The van der Waals surface area contributed by atoms with E-state index < -0.39 is 54.9 Å². The number of aliphatic hydroxyl groups is 1. The van der Waals surface area contributed by atoms with Gasteiger partial charge in [-0.2, -0.15) is 0 Å². The lowest BCUT2D eigenvalue weighted by Gasteiger charge is -2.21. The summed E-state index contributed by atoms with van der Waals surface area (Å²) in [6.07, 6.45) is -0.782. The number of aliphatic carboxylic acids is 2. The third kappa shape index (κ3) is 7.30. The highest BCUT2D eigenvalue weighted by molar-refractivity contribution is 5.93. The van der Waals surface area contributed by atoms with Gasteiger partial charge in [0.1, 0.15) is 17.8 Å². The molecule has 1 rings (SSSR count). The Morgan fingerprint density at radius 1 is 0.963 bits per heavy atom. The molecule has 0 aromatic heterocycles. The number of carboxylic acid groups (broad SMARTS) is 2. The van der Waals surface area contributed by atoms with Gasteiger partial charge in [-0.05, 0) is 17.7 Å². The van der Waals surface area contributed by atoms with E-state index in [1.807, 2.05) is 0 Å². The van der Waals surface area contributed by atoms with Crippen molar-refractivity contribution in [3.63, 3.8) is 0 Å². The highest BCUT2D eigenvalue weighted by Crippen LogP contribution is 2.11. The summed E-state index contributed by atoms with van der Waals surface area (Å²) in [5.74, 6) is -4.61. The van der Waals surface area contributed by atoms with Gasteiger partial charge in [0, 0.05) is 6.42 Å². The van der Waals surface area contributed by atoms with Crippen molar-refractivity contribution in [2.45, 2.75) is 31.0 Å². The topological polar surface area (TPSA) is 199 Å². The molecule has 0 saturated heterocycles. The molecule has 0 unspecified atom stereocenters. The van der Waals surface area contributed by atoms with E-state index in [1.54, 1.807) is 0 Å². The van der Waals surface area contributed by atoms with Crippen molar-refractivity contribution >= 4 is 23.8 Å². The van der Waals surface area contributed by atoms with Crippen LogP contribution in [0.4, 0.5) is 0 Å². The van der Waals surface area contributed by atoms with Gasteiger partial charge in [-0.25, -0.2) is 4.79 Å². The van der Waals surface area contributed by atoms with E-state index in [9.17, 15) is 34.5 Å². The molecule has 0 spiro atoms. The summed E-state index contributed by atoms with van der Waals surface area (Å²) >= 11 is 0. The standard InChI is InChI=1S/C16H21N3O8/c17-10(6-13(22)23)14(24)19-12(7-20)15(25)18-11(16(26)27)5-8-1-3-9(21)4-2-8/h1-4,10-12,20-21H,5-7,17H2,(H,18,25)(H,19,24)(H,22,23)(H,26,27)/t10-,11-,12-/m0/s1. The maximum absolute atomic E-state index is 12.2. The molecule has 11 nitrogen and oxygen atoms in total. The number of phenolic OH excluding ortho intramolecular Hbond substituents is 1. The van der Waals surface area contributed by atoms with Crippen LogP contribution in [0.15, 0.2) is 24.3 Å². The SMILES string of the molecule is N[C@@H](CC(=O)O)C(=O)N[C@@H](CO)C(=O)N[C@@H](Cc1ccc(O)cc1)C(=O)O. The van der Waals surface area contributed by atoms with Crippen LogP contribution >= 0.6 is 0 Å². The van der Waals surface area contributed by atoms with Crippen LogP contribution in [-0.2, 0) is 25.6 Å². The van der Waals surface area contributed by atoms with E-state index in [1.165, 1.54) is 24.3 Å². The largest absolute Gasteiger partial charge is 0.508 e. The first-order valence-corrected chi connectivity index (χ1v) is 7.83. The summed E-state index contributed by atoms with van der Waals surface area (Å²) in [6, 6.07) is 1.38. The van der Waals surface area contributed by atoms with Crippen LogP contribution in [0.2, 0.25) is 0 Å². The average Bonchev–Trinajstić information content (AvgIpc) is 2.59. The van der Waals surface area contributed by atoms with Crippen molar-refractivity contribution < 1.29 is 39.6 Å². The van der Waals surface area contributed by atoms with Crippen LogP contribution in [-0.4, -0.2) is 68.9 Å². The quantitative estimate of drug-likeness (QED) is 0.234. The summed E-state index contributed by atoms with van der Waals surface area (Å²) in [6.45, 7) is -0.844. The number of carbonyl (C=O) groups excluding carboxylic acids is 2. The number of phenols is 1. The first kappa shape index (κ1) is 21.9. The number of amides is 2. The maximum Gasteiger partial charge on any atom is 0.326 e. The molecular formula is C16H21N3O8. The smallest absolute Gasteiger partial charge is 0.326 e. The second-order valence-electron chi connectivity index (χ2n) is 5.72. The number of nitrogens with two attached hydrogens (primary N) is 1. The van der Waals surface area contributed by atoms with Gasteiger partial charge in [0.15, 0.2) is 0 Å². The number of rotatable bonds is 10. The van der Waals surface area contributed by atoms with Gasteiger partial charge in [0.25, 0.3) is 0 Å². The molecule has 0 heterocycles. The molecule has 3 atom stereocenters. The summed E-state index contributed by atoms with van der Waals surface area (Å²) < 4.78 is 0. The van der Waals surface area contributed by atoms with Crippen molar-refractivity contribution in [1.29, 1.82) is 0 Å². The van der Waals surface area contributed by atoms with E-state index in [2.05, 4.69) is 10.6 Å². The fourth-order valence-electron chi connectivity index (χ4n) is 2.09. The molecule has 0 aliphatic carbocycles. The zero-order chi connectivity index (χ0) is 20.6. The first-order chi connectivity index (χ1) is 12.6. The Kier molecular flexibility index (Phi) is 8.17. The number of benzene rings is 1. The maximum atomic E-state index is 12.2. The molecule has 8 N–H and O–H groups in total. The van der Waals surface area contributed by atoms with Crippen LogP contribution in [0.5, 0.6) is 5.75 Å². The Morgan fingerprint density at radius 2 is 1.52 bits per heavy atom. The molecule has 1 aromatic carbocycles. The number of hydrogen-bond acceptors (Lipinski definition) is 7. The van der Waals surface area contributed by atoms with Crippen LogP contribution in [0.1, 0.15) is 12.0 Å². The number of aromatic hydroxyl groups is 1. The molecule has 148 valence electrons. The minimum Gasteiger partial charge on any atom is -0.508 e. The monoisotopic (exact) mass is 383 g/mol. The molecule has 0 fully saturated rings. The van der Waals surface area contributed by atoms with Crippen LogP contribution in [0.3, 0.4) is 0 Å². The minimum atomic E-state index is -1.50. The van der Waals surface area contributed by atoms with Gasteiger partial charge in [-0.1, -0.05) is 12.1 Å². The lowest BCUT2D eigenvalue weighted by Crippen LogP contribution is -2.56. The Bertz CT molecular complexity index is 691. The predicted molar refractivity (Wildman–Crippen MR) is 90.6 cm³/mol. The van der Waals surface area contributed by atoms with E-state index in [0.717, 1.165) is 0 Å². The lowest BCUT2D eigenvalue weighted by atomic mass is 10.1. The molecule has 1 aromatic rings. The zero-order valence-corrected chi connectivity index (χ0v) is 14.2. The number of nitrogens with one attached hydrogen (secondary N) is 2. The zero-order valence-electron chi connectivity index (χ0n) is 14.2. The van der Waals surface area contributed by atoms with Crippen molar-refractivity contribution in [2.24, 2.45) is 5.73 Å². The highest BCUT2D eigenvalue weighted by Gasteiger charge is 2.28. The molecule has 27 heavy (non-hydrogen) atoms. The third-order valence-corrected chi connectivity index (χ3v) is 3.54. The number of aliphatic hydroxyl groups excluding tert-OH is 1. The van der Waals surface area contributed by atoms with E-state index in [-0.39, 0.29) is 12.2 Å².